The predicted octanol–water partition coefficient (Wildman–Crippen LogP) is 9.59. The molecule has 3 aromatic rings. The van der Waals surface area contributed by atoms with Gasteiger partial charge >= 0.3 is 0 Å². The van der Waals surface area contributed by atoms with E-state index in [1.165, 1.54) is 0 Å². The first kappa shape index (κ1) is 28.0. The van der Waals surface area contributed by atoms with Crippen LogP contribution in [0.4, 0.5) is 11.4 Å². The fourth-order valence-corrected chi connectivity index (χ4v) is 3.38. The van der Waals surface area contributed by atoms with Crippen LogP contribution in [0.2, 0.25) is 0 Å². The molecule has 3 rings (SSSR count). The van der Waals surface area contributed by atoms with Crippen molar-refractivity contribution in [3.05, 3.63) is 133 Å². The second-order valence-electron chi connectivity index (χ2n) is 6.76. The molecule has 178 valence electrons. The van der Waals surface area contributed by atoms with Crippen LogP contribution in [0.25, 0.3) is 0 Å². The van der Waals surface area contributed by atoms with Gasteiger partial charge in [0.1, 0.15) is 15.5 Å². The first-order valence-corrected chi connectivity index (χ1v) is 12.1. The lowest BCUT2D eigenvalue weighted by atomic mass is 10.1. The largest absolute Gasteiger partial charge is 0.237 e. The zero-order valence-corrected chi connectivity index (χ0v) is 21.9. The van der Waals surface area contributed by atoms with Gasteiger partial charge in [0.05, 0.1) is 17.1 Å². The maximum Gasteiger partial charge on any atom is 0.136 e. The average Bonchev–Trinajstić information content (AvgIpc) is 2.89. The molecular formula is C29H26Cl3N3. The highest BCUT2D eigenvalue weighted by atomic mass is 35.5. The van der Waals surface area contributed by atoms with Crippen molar-refractivity contribution in [3.8, 4) is 0 Å². The summed E-state index contributed by atoms with van der Waals surface area (Å²) in [6.07, 6.45) is 5.06. The number of allylic oxidation sites excluding steroid dienone is 3. The summed E-state index contributed by atoms with van der Waals surface area (Å²) in [5.74, 6) is 0. The SMILES string of the molecule is C=C/C=C\C(=C)N=C(Cl)c1cc(C(Cl)=Nc2ccccc2)cc(C(Cl)=Nc2ccccc2)c1.CC. The highest BCUT2D eigenvalue weighted by Gasteiger charge is 2.12. The van der Waals surface area contributed by atoms with Gasteiger partial charge in [-0.25, -0.2) is 15.0 Å². The van der Waals surface area contributed by atoms with Gasteiger partial charge in [0.25, 0.3) is 0 Å². The molecule has 0 N–H and O–H groups in total. The van der Waals surface area contributed by atoms with E-state index in [0.717, 1.165) is 11.4 Å². The quantitative estimate of drug-likeness (QED) is 0.209. The average molecular weight is 523 g/mol. The molecule has 0 aliphatic heterocycles. The van der Waals surface area contributed by atoms with Gasteiger partial charge in [-0.15, -0.1) is 0 Å². The van der Waals surface area contributed by atoms with Crippen LogP contribution in [0, 0.1) is 0 Å². The van der Waals surface area contributed by atoms with Crippen LogP contribution in [0.3, 0.4) is 0 Å². The number of aliphatic imine (C=N–C) groups is 3. The molecule has 3 aromatic carbocycles. The van der Waals surface area contributed by atoms with Crippen LogP contribution in [0.15, 0.2) is 131 Å². The highest BCUT2D eigenvalue weighted by Crippen LogP contribution is 2.23. The zero-order chi connectivity index (χ0) is 25.6. The molecule has 0 saturated heterocycles. The van der Waals surface area contributed by atoms with E-state index in [-0.39, 0.29) is 15.5 Å². The van der Waals surface area contributed by atoms with Gasteiger partial charge in [0, 0.05) is 16.7 Å². The molecule has 0 spiro atoms. The number of hydrogen-bond donors (Lipinski definition) is 0. The van der Waals surface area contributed by atoms with E-state index < -0.39 is 0 Å². The molecule has 0 aliphatic carbocycles. The summed E-state index contributed by atoms with van der Waals surface area (Å²) in [6.45, 7) is 11.5. The van der Waals surface area contributed by atoms with Crippen LogP contribution >= 0.6 is 34.8 Å². The Balaban J connectivity index is 0.00000210. The van der Waals surface area contributed by atoms with Crippen molar-refractivity contribution in [2.24, 2.45) is 15.0 Å². The topological polar surface area (TPSA) is 37.1 Å². The van der Waals surface area contributed by atoms with Crippen molar-refractivity contribution in [2.75, 3.05) is 0 Å². The normalized spacial score (nSPS) is 12.2. The van der Waals surface area contributed by atoms with Gasteiger partial charge in [-0.05, 0) is 48.5 Å². The van der Waals surface area contributed by atoms with E-state index >= 15 is 0 Å². The van der Waals surface area contributed by atoms with Crippen LogP contribution < -0.4 is 0 Å². The highest BCUT2D eigenvalue weighted by molar-refractivity contribution is 6.72. The summed E-state index contributed by atoms with van der Waals surface area (Å²) < 4.78 is 0. The fraction of sp³-hybridized carbons (Fsp3) is 0.0690. The third-order valence-corrected chi connectivity index (χ3v) is 5.19. The molecule has 0 saturated carbocycles. The van der Waals surface area contributed by atoms with Gasteiger partial charge < -0.3 is 0 Å². The Morgan fingerprint density at radius 1 is 0.686 bits per heavy atom. The molecule has 0 amide bonds. The number of hydrogen-bond acceptors (Lipinski definition) is 3. The van der Waals surface area contributed by atoms with E-state index in [9.17, 15) is 0 Å². The molecule has 0 radical (unpaired) electrons. The summed E-state index contributed by atoms with van der Waals surface area (Å²) in [7, 11) is 0. The number of nitrogens with zero attached hydrogens (tertiary/aromatic N) is 3. The monoisotopic (exact) mass is 521 g/mol. The van der Waals surface area contributed by atoms with Crippen LogP contribution in [-0.2, 0) is 0 Å². The van der Waals surface area contributed by atoms with Crippen molar-refractivity contribution >= 4 is 61.7 Å². The lowest BCUT2D eigenvalue weighted by Crippen LogP contribution is -2.02. The molecule has 3 nitrogen and oxygen atoms in total. The number of rotatable bonds is 8. The molecule has 0 atom stereocenters. The molecule has 0 heterocycles. The maximum absolute atomic E-state index is 6.57. The van der Waals surface area contributed by atoms with Gasteiger partial charge in [-0.3, -0.25) is 0 Å². The lowest BCUT2D eigenvalue weighted by molar-refractivity contribution is 1.43. The van der Waals surface area contributed by atoms with E-state index in [1.807, 2.05) is 80.6 Å². The minimum Gasteiger partial charge on any atom is -0.237 e. The standard InChI is InChI=1S/C27H20Cl3N3.C2H6/c1-3-4-11-19(2)31-25(28)20-16-21(26(29)32-23-12-7-5-8-13-23)18-22(17-20)27(30)33-24-14-9-6-10-15-24;1-2/h3-18H,1-2H2;1-2H3/b11-4-,31-25?,32-26?,33-27?;. The third-order valence-electron chi connectivity index (χ3n) is 4.28. The molecule has 0 bridgehead atoms. The van der Waals surface area contributed by atoms with Crippen molar-refractivity contribution in [1.82, 2.24) is 0 Å². The molecule has 0 fully saturated rings. The summed E-state index contributed by atoms with van der Waals surface area (Å²) in [4.78, 5) is 13.3. The molecular weight excluding hydrogens is 497 g/mol. The maximum atomic E-state index is 6.57. The van der Waals surface area contributed by atoms with Crippen molar-refractivity contribution in [2.45, 2.75) is 13.8 Å². The lowest BCUT2D eigenvalue weighted by Gasteiger charge is -2.08. The summed E-state index contributed by atoms with van der Waals surface area (Å²) in [6, 6.07) is 24.2. The Kier molecular flexibility index (Phi) is 11.9. The van der Waals surface area contributed by atoms with Crippen molar-refractivity contribution < 1.29 is 0 Å². The minimum atomic E-state index is 0.227. The Hall–Kier alpha value is -3.24. The van der Waals surface area contributed by atoms with Gasteiger partial charge in [-0.1, -0.05) is 110 Å². The minimum absolute atomic E-state index is 0.227. The summed E-state index contributed by atoms with van der Waals surface area (Å²) in [5, 5.41) is 0.789. The first-order valence-electron chi connectivity index (χ1n) is 10.9. The Morgan fingerprint density at radius 3 is 1.49 bits per heavy atom. The number of halogens is 3. The predicted molar refractivity (Wildman–Crippen MR) is 156 cm³/mol. The Morgan fingerprint density at radius 2 is 1.09 bits per heavy atom. The molecule has 0 aliphatic rings. The van der Waals surface area contributed by atoms with E-state index in [0.29, 0.717) is 22.4 Å². The van der Waals surface area contributed by atoms with Crippen LogP contribution in [0.5, 0.6) is 0 Å². The molecule has 0 aromatic heterocycles. The first-order chi connectivity index (χ1) is 17.0. The summed E-state index contributed by atoms with van der Waals surface area (Å²) >= 11 is 19.7. The number of para-hydroxylation sites is 2. The van der Waals surface area contributed by atoms with Crippen LogP contribution in [-0.4, -0.2) is 15.5 Å². The Labute approximate surface area is 222 Å². The summed E-state index contributed by atoms with van der Waals surface area (Å²) in [5.41, 5.74) is 3.76. The zero-order valence-electron chi connectivity index (χ0n) is 19.6. The Bertz CT molecular complexity index is 1190. The van der Waals surface area contributed by atoms with Crippen molar-refractivity contribution in [3.63, 3.8) is 0 Å². The van der Waals surface area contributed by atoms with Crippen molar-refractivity contribution in [1.29, 1.82) is 0 Å². The fourth-order valence-electron chi connectivity index (χ4n) is 2.75. The molecule has 35 heavy (non-hydrogen) atoms. The molecule has 6 heteroatoms. The molecule has 0 unspecified atom stereocenters. The van der Waals surface area contributed by atoms with Gasteiger partial charge in [0.15, 0.2) is 0 Å². The van der Waals surface area contributed by atoms with E-state index in [2.05, 4.69) is 28.1 Å². The van der Waals surface area contributed by atoms with E-state index in [1.54, 1.807) is 30.4 Å². The van der Waals surface area contributed by atoms with E-state index in [4.69, 9.17) is 34.8 Å². The van der Waals surface area contributed by atoms with Crippen LogP contribution in [0.1, 0.15) is 30.5 Å². The van der Waals surface area contributed by atoms with Gasteiger partial charge in [0.2, 0.25) is 0 Å². The second kappa shape index (κ2) is 14.9. The smallest absolute Gasteiger partial charge is 0.136 e. The second-order valence-corrected chi connectivity index (χ2v) is 7.84. The number of benzene rings is 3. The third kappa shape index (κ3) is 9.14. The van der Waals surface area contributed by atoms with Gasteiger partial charge in [-0.2, -0.15) is 0 Å².